The molecule has 148 valence electrons. The molecule has 1 aromatic heterocycles. The second-order valence-electron chi connectivity index (χ2n) is 6.06. The number of aromatic nitrogens is 1. The number of aliphatic imine (C=N–C) groups is 1. The molecule has 7 heteroatoms. The number of anilines is 1. The largest absolute Gasteiger partial charge is 0.497 e. The maximum atomic E-state index is 12.7. The number of nitrogens with one attached hydrogen (secondary N) is 2. The maximum absolute atomic E-state index is 12.7. The normalized spacial score (nSPS) is 10.9. The third-order valence-corrected chi connectivity index (χ3v) is 4.09. The molecule has 0 saturated carbocycles. The molecule has 0 atom stereocenters. The van der Waals surface area contributed by atoms with Gasteiger partial charge in [0.15, 0.2) is 0 Å². The van der Waals surface area contributed by atoms with Crippen LogP contribution in [0.5, 0.6) is 11.5 Å². The molecule has 7 nitrogen and oxygen atoms in total. The Labute approximate surface area is 169 Å². The lowest BCUT2D eigenvalue weighted by Crippen LogP contribution is -2.36. The second-order valence-corrected chi connectivity index (χ2v) is 6.06. The Kier molecular flexibility index (Phi) is 6.78. The molecule has 0 unspecified atom stereocenters. The highest BCUT2D eigenvalue weighted by Crippen LogP contribution is 2.17. The van der Waals surface area contributed by atoms with Crippen LogP contribution < -0.4 is 20.1 Å². The molecule has 3 aromatic rings. The number of pyridine rings is 1. The van der Waals surface area contributed by atoms with Gasteiger partial charge in [0.05, 0.1) is 20.8 Å². The van der Waals surface area contributed by atoms with Crippen molar-refractivity contribution in [2.45, 2.75) is 6.54 Å². The number of rotatable bonds is 6. The summed E-state index contributed by atoms with van der Waals surface area (Å²) >= 11 is 0. The highest BCUT2D eigenvalue weighted by atomic mass is 16.5. The summed E-state index contributed by atoms with van der Waals surface area (Å²) in [6, 6.07) is 18.0. The molecule has 0 aliphatic carbocycles. The van der Waals surface area contributed by atoms with E-state index in [1.54, 1.807) is 50.9 Å². The van der Waals surface area contributed by atoms with Gasteiger partial charge in [-0.1, -0.05) is 6.07 Å². The first-order chi connectivity index (χ1) is 14.2. The number of carbonyl (C=O) groups is 1. The van der Waals surface area contributed by atoms with Crippen molar-refractivity contribution >= 4 is 17.6 Å². The van der Waals surface area contributed by atoms with Crippen LogP contribution in [0.25, 0.3) is 0 Å². The van der Waals surface area contributed by atoms with E-state index >= 15 is 0 Å². The smallest absolute Gasteiger partial charge is 0.257 e. The molecule has 3 rings (SSSR count). The van der Waals surface area contributed by atoms with Crippen molar-refractivity contribution in [3.05, 3.63) is 84.2 Å². The molecule has 0 saturated heterocycles. The first kappa shape index (κ1) is 19.9. The molecular formula is C22H22N4O3. The van der Waals surface area contributed by atoms with E-state index in [1.807, 2.05) is 36.4 Å². The summed E-state index contributed by atoms with van der Waals surface area (Å²) in [5, 5.41) is 5.97. The Morgan fingerprint density at radius 2 is 1.69 bits per heavy atom. The van der Waals surface area contributed by atoms with Crippen LogP contribution in [0.4, 0.5) is 5.69 Å². The molecule has 2 N–H and O–H groups in total. The molecule has 0 spiro atoms. The number of carbonyl (C=O) groups excluding carboxylic acids is 1. The standard InChI is InChI=1S/C22H22N4O3/c1-28-19-8-6-17(7-9-19)21(27)26-22(24-15-16-10-12-23-13-11-16)25-18-4-3-5-20(14-18)29-2/h3-14H,15H2,1-2H3,(H2,24,25,26,27). The van der Waals surface area contributed by atoms with Crippen LogP contribution in [-0.2, 0) is 6.54 Å². The summed E-state index contributed by atoms with van der Waals surface area (Å²) in [6.07, 6.45) is 3.41. The Hall–Kier alpha value is -3.87. The highest BCUT2D eigenvalue weighted by Gasteiger charge is 2.10. The molecule has 0 aliphatic heterocycles. The van der Waals surface area contributed by atoms with Crippen molar-refractivity contribution < 1.29 is 14.3 Å². The maximum Gasteiger partial charge on any atom is 0.257 e. The Bertz CT molecular complexity index is 973. The summed E-state index contributed by atoms with van der Waals surface area (Å²) in [5.74, 6) is 1.43. The quantitative estimate of drug-likeness (QED) is 0.497. The van der Waals surface area contributed by atoms with Gasteiger partial charge in [-0.2, -0.15) is 0 Å². The van der Waals surface area contributed by atoms with Crippen molar-refractivity contribution in [3.8, 4) is 11.5 Å². The Balaban J connectivity index is 1.79. The number of benzene rings is 2. The minimum atomic E-state index is -0.281. The molecule has 0 bridgehead atoms. The average Bonchev–Trinajstić information content (AvgIpc) is 2.78. The van der Waals surface area contributed by atoms with Crippen LogP contribution in [0.3, 0.4) is 0 Å². The van der Waals surface area contributed by atoms with Gasteiger partial charge in [0.1, 0.15) is 11.5 Å². The minimum absolute atomic E-state index is 0.281. The van der Waals surface area contributed by atoms with Gasteiger partial charge in [0.2, 0.25) is 5.96 Å². The second kappa shape index (κ2) is 9.89. The summed E-state index contributed by atoms with van der Waals surface area (Å²) in [7, 11) is 3.18. The Morgan fingerprint density at radius 3 is 2.38 bits per heavy atom. The van der Waals surface area contributed by atoms with E-state index in [4.69, 9.17) is 9.47 Å². The van der Waals surface area contributed by atoms with E-state index in [-0.39, 0.29) is 5.91 Å². The fourth-order valence-corrected chi connectivity index (χ4v) is 2.53. The predicted octanol–water partition coefficient (Wildman–Crippen LogP) is 3.50. The Morgan fingerprint density at radius 1 is 0.966 bits per heavy atom. The van der Waals surface area contributed by atoms with Crippen LogP contribution in [0.2, 0.25) is 0 Å². The summed E-state index contributed by atoms with van der Waals surface area (Å²) in [5.41, 5.74) is 2.21. The first-order valence-corrected chi connectivity index (χ1v) is 8.98. The SMILES string of the molecule is COc1ccc(C(=O)NC(=NCc2ccncc2)Nc2cccc(OC)c2)cc1. The number of amides is 1. The molecule has 29 heavy (non-hydrogen) atoms. The van der Waals surface area contributed by atoms with Gasteiger partial charge in [0.25, 0.3) is 5.91 Å². The van der Waals surface area contributed by atoms with Crippen molar-refractivity contribution in [3.63, 3.8) is 0 Å². The van der Waals surface area contributed by atoms with Gasteiger partial charge in [-0.15, -0.1) is 0 Å². The van der Waals surface area contributed by atoms with Gasteiger partial charge >= 0.3 is 0 Å². The summed E-state index contributed by atoms with van der Waals surface area (Å²) < 4.78 is 10.4. The third kappa shape index (κ3) is 5.80. The van der Waals surface area contributed by atoms with Crippen LogP contribution >= 0.6 is 0 Å². The van der Waals surface area contributed by atoms with Crippen molar-refractivity contribution in [2.24, 2.45) is 4.99 Å². The van der Waals surface area contributed by atoms with E-state index < -0.39 is 0 Å². The van der Waals surface area contributed by atoms with E-state index in [2.05, 4.69) is 20.6 Å². The van der Waals surface area contributed by atoms with Gasteiger partial charge in [-0.25, -0.2) is 4.99 Å². The molecule has 1 heterocycles. The molecule has 1 amide bonds. The lowest BCUT2D eigenvalue weighted by atomic mass is 10.2. The number of hydrogen-bond acceptors (Lipinski definition) is 5. The first-order valence-electron chi connectivity index (χ1n) is 8.98. The zero-order chi connectivity index (χ0) is 20.5. The van der Waals surface area contributed by atoms with E-state index in [1.165, 1.54) is 0 Å². The molecule has 0 radical (unpaired) electrons. The van der Waals surface area contributed by atoms with Crippen LogP contribution in [-0.4, -0.2) is 31.1 Å². The van der Waals surface area contributed by atoms with Gasteiger partial charge < -0.3 is 14.8 Å². The van der Waals surface area contributed by atoms with Crippen LogP contribution in [0, 0.1) is 0 Å². The van der Waals surface area contributed by atoms with E-state index in [0.717, 1.165) is 11.3 Å². The monoisotopic (exact) mass is 390 g/mol. The van der Waals surface area contributed by atoms with E-state index in [9.17, 15) is 4.79 Å². The zero-order valence-electron chi connectivity index (χ0n) is 16.3. The van der Waals surface area contributed by atoms with Gasteiger partial charge in [-0.05, 0) is 54.1 Å². The van der Waals surface area contributed by atoms with E-state index in [0.29, 0.717) is 29.6 Å². The highest BCUT2D eigenvalue weighted by molar-refractivity contribution is 6.10. The van der Waals surface area contributed by atoms with Gasteiger partial charge in [-0.3, -0.25) is 15.1 Å². The third-order valence-electron chi connectivity index (χ3n) is 4.09. The number of hydrogen-bond donors (Lipinski definition) is 2. The zero-order valence-corrected chi connectivity index (χ0v) is 16.3. The van der Waals surface area contributed by atoms with Crippen molar-refractivity contribution in [1.29, 1.82) is 0 Å². The van der Waals surface area contributed by atoms with Gasteiger partial charge in [0, 0.05) is 29.7 Å². The van der Waals surface area contributed by atoms with Crippen LogP contribution in [0.15, 0.2) is 78.0 Å². The fraction of sp³-hybridized carbons (Fsp3) is 0.136. The topological polar surface area (TPSA) is 84.8 Å². The molecular weight excluding hydrogens is 368 g/mol. The summed E-state index contributed by atoms with van der Waals surface area (Å²) in [6.45, 7) is 0.387. The number of guanidine groups is 1. The minimum Gasteiger partial charge on any atom is -0.497 e. The summed E-state index contributed by atoms with van der Waals surface area (Å²) in [4.78, 5) is 21.2. The molecule has 0 aliphatic rings. The lowest BCUT2D eigenvalue weighted by molar-refractivity contribution is 0.0977. The van der Waals surface area contributed by atoms with Crippen molar-refractivity contribution in [2.75, 3.05) is 19.5 Å². The predicted molar refractivity (Wildman–Crippen MR) is 112 cm³/mol. The molecule has 0 fully saturated rings. The number of ether oxygens (including phenoxy) is 2. The average molecular weight is 390 g/mol. The number of nitrogens with zero attached hydrogens (tertiary/aromatic N) is 2. The molecule has 2 aromatic carbocycles. The number of methoxy groups -OCH3 is 2. The van der Waals surface area contributed by atoms with Crippen LogP contribution in [0.1, 0.15) is 15.9 Å². The lowest BCUT2D eigenvalue weighted by Gasteiger charge is -2.13. The van der Waals surface area contributed by atoms with Crippen molar-refractivity contribution in [1.82, 2.24) is 10.3 Å². The fourth-order valence-electron chi connectivity index (χ4n) is 2.53.